The summed E-state index contributed by atoms with van der Waals surface area (Å²) in [6.45, 7) is 6.10. The fraction of sp³-hybridized carbons (Fsp3) is 0.824. The van der Waals surface area contributed by atoms with Crippen molar-refractivity contribution >= 4 is 0 Å². The third kappa shape index (κ3) is 4.30. The van der Waals surface area contributed by atoms with Crippen LogP contribution in [0.4, 0.5) is 0 Å². The third-order valence-corrected chi connectivity index (χ3v) is 4.67. The van der Waals surface area contributed by atoms with Crippen molar-refractivity contribution in [2.24, 2.45) is 7.05 Å². The SMILES string of the molecule is CCNC(Cc1cnn(C)c1)C1(OCC)CCCCCC1. The van der Waals surface area contributed by atoms with Crippen LogP contribution in [-0.4, -0.2) is 34.6 Å². The molecular weight excluding hydrogens is 262 g/mol. The van der Waals surface area contributed by atoms with Crippen LogP contribution >= 0.6 is 0 Å². The van der Waals surface area contributed by atoms with Crippen molar-refractivity contribution in [2.75, 3.05) is 13.2 Å². The number of hydrogen-bond acceptors (Lipinski definition) is 3. The lowest BCUT2D eigenvalue weighted by Gasteiger charge is -2.40. The highest BCUT2D eigenvalue weighted by atomic mass is 16.5. The highest BCUT2D eigenvalue weighted by Gasteiger charge is 2.39. The molecule has 1 aliphatic carbocycles. The zero-order valence-corrected chi connectivity index (χ0v) is 13.9. The Morgan fingerprint density at radius 3 is 2.52 bits per heavy atom. The van der Waals surface area contributed by atoms with Crippen molar-refractivity contribution in [1.82, 2.24) is 15.1 Å². The van der Waals surface area contributed by atoms with E-state index in [9.17, 15) is 0 Å². The molecule has 0 aliphatic heterocycles. The number of aromatic nitrogens is 2. The Bertz CT molecular complexity index is 408. The molecule has 0 aromatic carbocycles. The molecule has 0 spiro atoms. The average molecular weight is 293 g/mol. The van der Waals surface area contributed by atoms with Gasteiger partial charge in [-0.25, -0.2) is 0 Å². The lowest BCUT2D eigenvalue weighted by atomic mass is 9.83. The second-order valence-corrected chi connectivity index (χ2v) is 6.25. The van der Waals surface area contributed by atoms with Gasteiger partial charge in [-0.1, -0.05) is 32.6 Å². The monoisotopic (exact) mass is 293 g/mol. The standard InChI is InChI=1S/C17H31N3O/c1-4-18-16(12-15-13-19-20(3)14-15)17(21-5-2)10-8-6-7-9-11-17/h13-14,16,18H,4-12H2,1-3H3. The quantitative estimate of drug-likeness (QED) is 0.785. The first kappa shape index (κ1) is 16.5. The Labute approximate surface area is 129 Å². The first-order chi connectivity index (χ1) is 10.2. The fourth-order valence-electron chi connectivity index (χ4n) is 3.71. The van der Waals surface area contributed by atoms with Gasteiger partial charge in [-0.2, -0.15) is 5.10 Å². The summed E-state index contributed by atoms with van der Waals surface area (Å²) in [4.78, 5) is 0. The molecule has 1 fully saturated rings. The molecule has 2 rings (SSSR count). The van der Waals surface area contributed by atoms with E-state index in [2.05, 4.69) is 30.5 Å². The molecule has 4 nitrogen and oxygen atoms in total. The van der Waals surface area contributed by atoms with E-state index < -0.39 is 0 Å². The summed E-state index contributed by atoms with van der Waals surface area (Å²) in [6, 6.07) is 0.379. The van der Waals surface area contributed by atoms with Gasteiger partial charge in [-0.05, 0) is 38.3 Å². The van der Waals surface area contributed by atoms with Gasteiger partial charge >= 0.3 is 0 Å². The summed E-state index contributed by atoms with van der Waals surface area (Å²) in [6.07, 6.45) is 12.7. The Balaban J connectivity index is 2.17. The first-order valence-electron chi connectivity index (χ1n) is 8.55. The number of aryl methyl sites for hydroxylation is 1. The summed E-state index contributed by atoms with van der Waals surface area (Å²) < 4.78 is 8.24. The summed E-state index contributed by atoms with van der Waals surface area (Å²) in [5.41, 5.74) is 1.30. The summed E-state index contributed by atoms with van der Waals surface area (Å²) in [5, 5.41) is 8.01. The maximum Gasteiger partial charge on any atom is 0.0837 e. The van der Waals surface area contributed by atoms with Crippen LogP contribution in [0.25, 0.3) is 0 Å². The molecule has 1 aromatic rings. The summed E-state index contributed by atoms with van der Waals surface area (Å²) in [7, 11) is 1.98. The van der Waals surface area contributed by atoms with Crippen LogP contribution in [0.3, 0.4) is 0 Å². The van der Waals surface area contributed by atoms with Crippen molar-refractivity contribution in [3.05, 3.63) is 18.0 Å². The maximum atomic E-state index is 6.35. The number of likely N-dealkylation sites (N-methyl/N-ethyl adjacent to an activating group) is 1. The molecule has 21 heavy (non-hydrogen) atoms. The van der Waals surface area contributed by atoms with Crippen molar-refractivity contribution in [3.8, 4) is 0 Å². The van der Waals surface area contributed by atoms with Crippen LogP contribution in [0.5, 0.6) is 0 Å². The highest BCUT2D eigenvalue weighted by Crippen LogP contribution is 2.34. The van der Waals surface area contributed by atoms with Gasteiger partial charge in [0, 0.05) is 25.9 Å². The lowest BCUT2D eigenvalue weighted by Crippen LogP contribution is -2.53. The minimum Gasteiger partial charge on any atom is -0.374 e. The van der Waals surface area contributed by atoms with Crippen LogP contribution in [0, 0.1) is 0 Å². The highest BCUT2D eigenvalue weighted by molar-refractivity contribution is 5.10. The molecule has 4 heteroatoms. The van der Waals surface area contributed by atoms with Gasteiger partial charge in [0.2, 0.25) is 0 Å². The van der Waals surface area contributed by atoms with Crippen LogP contribution in [0.1, 0.15) is 57.9 Å². The number of ether oxygens (including phenoxy) is 1. The predicted molar refractivity (Wildman–Crippen MR) is 86.4 cm³/mol. The third-order valence-electron chi connectivity index (χ3n) is 4.67. The minimum absolute atomic E-state index is 0.00288. The van der Waals surface area contributed by atoms with Gasteiger partial charge in [0.05, 0.1) is 11.8 Å². The van der Waals surface area contributed by atoms with E-state index in [1.54, 1.807) is 0 Å². The largest absolute Gasteiger partial charge is 0.374 e. The van der Waals surface area contributed by atoms with E-state index in [1.165, 1.54) is 44.1 Å². The van der Waals surface area contributed by atoms with Gasteiger partial charge in [0.25, 0.3) is 0 Å². The van der Waals surface area contributed by atoms with Crippen molar-refractivity contribution in [3.63, 3.8) is 0 Å². The molecular formula is C17H31N3O. The Hall–Kier alpha value is -0.870. The molecule has 1 heterocycles. The van der Waals surface area contributed by atoms with E-state index in [0.717, 1.165) is 19.6 Å². The maximum absolute atomic E-state index is 6.35. The molecule has 0 bridgehead atoms. The van der Waals surface area contributed by atoms with E-state index in [1.807, 2.05) is 17.9 Å². The fourth-order valence-corrected chi connectivity index (χ4v) is 3.71. The second-order valence-electron chi connectivity index (χ2n) is 6.25. The summed E-state index contributed by atoms with van der Waals surface area (Å²) >= 11 is 0. The lowest BCUT2D eigenvalue weighted by molar-refractivity contribution is -0.0764. The van der Waals surface area contributed by atoms with E-state index in [4.69, 9.17) is 4.74 Å². The Morgan fingerprint density at radius 1 is 1.29 bits per heavy atom. The molecule has 1 N–H and O–H groups in total. The Kier molecular flexibility index (Phi) is 6.24. The second kappa shape index (κ2) is 7.95. The van der Waals surface area contributed by atoms with Crippen LogP contribution in [-0.2, 0) is 18.2 Å². The minimum atomic E-state index is -0.00288. The first-order valence-corrected chi connectivity index (χ1v) is 8.55. The van der Waals surface area contributed by atoms with E-state index in [0.29, 0.717) is 6.04 Å². The molecule has 0 amide bonds. The van der Waals surface area contributed by atoms with Crippen molar-refractivity contribution < 1.29 is 4.74 Å². The van der Waals surface area contributed by atoms with Gasteiger partial charge in [0.15, 0.2) is 0 Å². The number of hydrogen-bond donors (Lipinski definition) is 1. The zero-order chi connectivity index (χ0) is 15.1. The van der Waals surface area contributed by atoms with E-state index in [-0.39, 0.29) is 5.60 Å². The van der Waals surface area contributed by atoms with E-state index >= 15 is 0 Å². The van der Waals surface area contributed by atoms with Gasteiger partial charge in [0.1, 0.15) is 0 Å². The normalized spacial score (nSPS) is 20.1. The summed E-state index contributed by atoms with van der Waals surface area (Å²) in [5.74, 6) is 0. The molecule has 120 valence electrons. The number of nitrogens with one attached hydrogen (secondary N) is 1. The van der Waals surface area contributed by atoms with Gasteiger partial charge < -0.3 is 10.1 Å². The van der Waals surface area contributed by atoms with Crippen molar-refractivity contribution in [1.29, 1.82) is 0 Å². The van der Waals surface area contributed by atoms with Gasteiger partial charge in [-0.15, -0.1) is 0 Å². The zero-order valence-electron chi connectivity index (χ0n) is 13.9. The molecule has 0 radical (unpaired) electrons. The van der Waals surface area contributed by atoms with Crippen molar-refractivity contribution in [2.45, 2.75) is 70.4 Å². The molecule has 1 aliphatic rings. The van der Waals surface area contributed by atoms with Gasteiger partial charge in [-0.3, -0.25) is 4.68 Å². The molecule has 1 aromatic heterocycles. The number of nitrogens with zero attached hydrogens (tertiary/aromatic N) is 2. The van der Waals surface area contributed by atoms with Crippen LogP contribution in [0.15, 0.2) is 12.4 Å². The average Bonchev–Trinajstić information content (AvgIpc) is 2.73. The topological polar surface area (TPSA) is 39.1 Å². The molecule has 1 atom stereocenters. The molecule has 1 saturated carbocycles. The molecule has 0 saturated heterocycles. The Morgan fingerprint density at radius 2 is 2.00 bits per heavy atom. The van der Waals surface area contributed by atoms with Crippen LogP contribution < -0.4 is 5.32 Å². The molecule has 1 unspecified atom stereocenters. The number of rotatable bonds is 7. The smallest absolute Gasteiger partial charge is 0.0837 e. The van der Waals surface area contributed by atoms with Crippen LogP contribution in [0.2, 0.25) is 0 Å². The predicted octanol–water partition coefficient (Wildman–Crippen LogP) is 3.07.